The van der Waals surface area contributed by atoms with Crippen molar-refractivity contribution in [3.63, 3.8) is 0 Å². The Kier molecular flexibility index (Phi) is 3.55. The summed E-state index contributed by atoms with van der Waals surface area (Å²) in [5.74, 6) is -0.857. The van der Waals surface area contributed by atoms with E-state index in [9.17, 15) is 9.59 Å². The monoisotopic (exact) mass is 288 g/mol. The number of carboxylic acids is 1. The summed E-state index contributed by atoms with van der Waals surface area (Å²) in [6, 6.07) is 5.16. The van der Waals surface area contributed by atoms with Crippen LogP contribution in [0.1, 0.15) is 18.4 Å². The van der Waals surface area contributed by atoms with Crippen molar-refractivity contribution in [2.24, 2.45) is 0 Å². The number of rotatable bonds is 4. The van der Waals surface area contributed by atoms with E-state index in [4.69, 9.17) is 5.11 Å². The Balaban J connectivity index is 1.77. The van der Waals surface area contributed by atoms with E-state index in [1.807, 2.05) is 4.90 Å². The fourth-order valence-corrected chi connectivity index (χ4v) is 2.55. The molecule has 1 N–H and O–H groups in total. The Morgan fingerprint density at radius 2 is 1.86 bits per heavy atom. The van der Waals surface area contributed by atoms with Gasteiger partial charge in [0.1, 0.15) is 17.6 Å². The van der Waals surface area contributed by atoms with Gasteiger partial charge in [-0.1, -0.05) is 6.07 Å². The number of carbonyl (C=O) groups is 2. The normalized spacial score (nSPS) is 14.8. The highest BCUT2D eigenvalue weighted by Crippen LogP contribution is 2.13. The molecule has 1 fully saturated rings. The largest absolute Gasteiger partial charge is 0.481 e. The van der Waals surface area contributed by atoms with Gasteiger partial charge in [0.25, 0.3) is 0 Å². The molecule has 0 aliphatic carbocycles. The molecule has 1 aliphatic heterocycles. The van der Waals surface area contributed by atoms with Gasteiger partial charge in [0.15, 0.2) is 0 Å². The highest BCUT2D eigenvalue weighted by molar-refractivity contribution is 5.79. The molecule has 2 aromatic rings. The molecular formula is C14H16N4O3. The number of hydrogen-bond donors (Lipinski definition) is 1. The molecule has 7 heteroatoms. The molecule has 0 spiro atoms. The highest BCUT2D eigenvalue weighted by Gasteiger charge is 2.19. The maximum Gasteiger partial charge on any atom is 0.307 e. The molecule has 1 amide bonds. The standard InChI is InChI=1S/C14H16N4O3/c19-13(17-5-1-2-6-17)9-18-15-11-4-3-10(8-14(20)21)7-12(11)16-18/h3-4,7H,1-2,5-6,8-9H2,(H,20,21). The molecule has 7 nitrogen and oxygen atoms in total. The Bertz CT molecular complexity index is 689. The second-order valence-electron chi connectivity index (χ2n) is 5.21. The predicted molar refractivity (Wildman–Crippen MR) is 74.7 cm³/mol. The Labute approximate surface area is 121 Å². The van der Waals surface area contributed by atoms with Crippen LogP contribution >= 0.6 is 0 Å². The van der Waals surface area contributed by atoms with Crippen LogP contribution in [0.3, 0.4) is 0 Å². The zero-order valence-electron chi connectivity index (χ0n) is 11.5. The van der Waals surface area contributed by atoms with E-state index < -0.39 is 5.97 Å². The summed E-state index contributed by atoms with van der Waals surface area (Å²) in [7, 11) is 0. The number of benzene rings is 1. The highest BCUT2D eigenvalue weighted by atomic mass is 16.4. The Morgan fingerprint density at radius 1 is 1.14 bits per heavy atom. The molecule has 3 rings (SSSR count). The molecule has 0 atom stereocenters. The van der Waals surface area contributed by atoms with E-state index in [0.717, 1.165) is 25.9 Å². The number of carbonyl (C=O) groups excluding carboxylic acids is 1. The number of likely N-dealkylation sites (tertiary alicyclic amines) is 1. The van der Waals surface area contributed by atoms with E-state index in [2.05, 4.69) is 10.2 Å². The van der Waals surface area contributed by atoms with Gasteiger partial charge in [-0.15, -0.1) is 0 Å². The number of aromatic nitrogens is 3. The van der Waals surface area contributed by atoms with Crippen LogP contribution in [-0.4, -0.2) is 50.0 Å². The van der Waals surface area contributed by atoms with E-state index >= 15 is 0 Å². The lowest BCUT2D eigenvalue weighted by molar-refractivity contribution is -0.136. The van der Waals surface area contributed by atoms with E-state index in [1.54, 1.807) is 18.2 Å². The number of aliphatic carboxylic acids is 1. The van der Waals surface area contributed by atoms with Crippen LogP contribution in [0, 0.1) is 0 Å². The number of hydrogen-bond acceptors (Lipinski definition) is 4. The summed E-state index contributed by atoms with van der Waals surface area (Å²) in [6.07, 6.45) is 2.06. The molecule has 1 aromatic carbocycles. The molecule has 1 aliphatic rings. The van der Waals surface area contributed by atoms with Gasteiger partial charge >= 0.3 is 5.97 Å². The van der Waals surface area contributed by atoms with Crippen molar-refractivity contribution in [3.05, 3.63) is 23.8 Å². The lowest BCUT2D eigenvalue weighted by Crippen LogP contribution is -2.31. The van der Waals surface area contributed by atoms with Gasteiger partial charge in [0.2, 0.25) is 5.91 Å². The SMILES string of the molecule is O=C(O)Cc1ccc2nn(CC(=O)N3CCCC3)nc2c1. The van der Waals surface area contributed by atoms with Gasteiger partial charge in [-0.2, -0.15) is 15.0 Å². The zero-order valence-corrected chi connectivity index (χ0v) is 11.5. The van der Waals surface area contributed by atoms with Crippen LogP contribution in [-0.2, 0) is 22.6 Å². The Morgan fingerprint density at radius 3 is 2.57 bits per heavy atom. The minimum Gasteiger partial charge on any atom is -0.481 e. The fraction of sp³-hybridized carbons (Fsp3) is 0.429. The minimum absolute atomic E-state index is 0.0264. The molecule has 0 bridgehead atoms. The third-order valence-corrected chi connectivity index (χ3v) is 3.58. The number of carboxylic acid groups (broad SMARTS) is 1. The van der Waals surface area contributed by atoms with Crippen molar-refractivity contribution in [2.45, 2.75) is 25.8 Å². The summed E-state index contributed by atoms with van der Waals surface area (Å²) < 4.78 is 0. The lowest BCUT2D eigenvalue weighted by atomic mass is 10.1. The van der Waals surface area contributed by atoms with Crippen LogP contribution in [0.2, 0.25) is 0 Å². The quantitative estimate of drug-likeness (QED) is 0.893. The minimum atomic E-state index is -0.883. The van der Waals surface area contributed by atoms with Crippen LogP contribution in [0.25, 0.3) is 11.0 Å². The van der Waals surface area contributed by atoms with Gasteiger partial charge in [-0.05, 0) is 30.5 Å². The summed E-state index contributed by atoms with van der Waals surface area (Å²) >= 11 is 0. The predicted octanol–water partition coefficient (Wildman–Crippen LogP) is 0.681. The summed E-state index contributed by atoms with van der Waals surface area (Å²) in [5, 5.41) is 17.3. The fourth-order valence-electron chi connectivity index (χ4n) is 2.55. The van der Waals surface area contributed by atoms with Crippen molar-refractivity contribution in [3.8, 4) is 0 Å². The number of fused-ring (bicyclic) bond motifs is 1. The number of amides is 1. The first-order chi connectivity index (χ1) is 10.1. The van der Waals surface area contributed by atoms with E-state index in [1.165, 1.54) is 4.80 Å². The van der Waals surface area contributed by atoms with Crippen LogP contribution < -0.4 is 0 Å². The first kappa shape index (κ1) is 13.5. The van der Waals surface area contributed by atoms with Gasteiger partial charge < -0.3 is 10.0 Å². The molecule has 1 saturated heterocycles. The topological polar surface area (TPSA) is 88.3 Å². The summed E-state index contributed by atoms with van der Waals surface area (Å²) in [4.78, 5) is 26.0. The van der Waals surface area contributed by atoms with E-state index in [-0.39, 0.29) is 18.9 Å². The first-order valence-corrected chi connectivity index (χ1v) is 6.95. The van der Waals surface area contributed by atoms with Gasteiger partial charge in [0, 0.05) is 13.1 Å². The second kappa shape index (κ2) is 5.51. The first-order valence-electron chi connectivity index (χ1n) is 6.95. The average Bonchev–Trinajstić information content (AvgIpc) is 3.05. The second-order valence-corrected chi connectivity index (χ2v) is 5.21. The maximum atomic E-state index is 12.1. The summed E-state index contributed by atoms with van der Waals surface area (Å²) in [5.41, 5.74) is 1.95. The van der Waals surface area contributed by atoms with Crippen molar-refractivity contribution >= 4 is 22.9 Å². The molecular weight excluding hydrogens is 272 g/mol. The molecule has 0 radical (unpaired) electrons. The molecule has 0 unspecified atom stereocenters. The average molecular weight is 288 g/mol. The van der Waals surface area contributed by atoms with Crippen molar-refractivity contribution in [1.82, 2.24) is 19.9 Å². The van der Waals surface area contributed by atoms with Crippen LogP contribution in [0.15, 0.2) is 18.2 Å². The zero-order chi connectivity index (χ0) is 14.8. The van der Waals surface area contributed by atoms with Crippen LogP contribution in [0.4, 0.5) is 0 Å². The molecule has 21 heavy (non-hydrogen) atoms. The van der Waals surface area contributed by atoms with Crippen molar-refractivity contribution in [1.29, 1.82) is 0 Å². The lowest BCUT2D eigenvalue weighted by Gasteiger charge is -2.14. The van der Waals surface area contributed by atoms with Gasteiger partial charge in [-0.3, -0.25) is 9.59 Å². The third kappa shape index (κ3) is 3.01. The molecule has 110 valence electrons. The molecule has 2 heterocycles. The summed E-state index contributed by atoms with van der Waals surface area (Å²) in [6.45, 7) is 1.74. The van der Waals surface area contributed by atoms with Gasteiger partial charge in [-0.25, -0.2) is 0 Å². The Hall–Kier alpha value is -2.44. The maximum absolute atomic E-state index is 12.1. The van der Waals surface area contributed by atoms with Crippen LogP contribution in [0.5, 0.6) is 0 Å². The van der Waals surface area contributed by atoms with Crippen molar-refractivity contribution < 1.29 is 14.7 Å². The number of nitrogens with zero attached hydrogens (tertiary/aromatic N) is 4. The molecule has 1 aromatic heterocycles. The third-order valence-electron chi connectivity index (χ3n) is 3.58. The molecule has 0 saturated carbocycles. The van der Waals surface area contributed by atoms with E-state index in [0.29, 0.717) is 16.6 Å². The van der Waals surface area contributed by atoms with Gasteiger partial charge in [0.05, 0.1) is 6.42 Å². The smallest absolute Gasteiger partial charge is 0.307 e. The van der Waals surface area contributed by atoms with Crippen molar-refractivity contribution in [2.75, 3.05) is 13.1 Å².